The highest BCUT2D eigenvalue weighted by atomic mass is 32.2. The fraction of sp³-hybridized carbons (Fsp3) is 0. The Morgan fingerprint density at radius 2 is 2.04 bits per heavy atom. The number of benzene rings is 1. The number of hydrogen-bond acceptors (Lipinski definition) is 8. The summed E-state index contributed by atoms with van der Waals surface area (Å²) in [6.07, 6.45) is 0. The molecule has 23 heavy (non-hydrogen) atoms. The minimum Gasteiger partial charge on any atom is -0.478 e. The third-order valence-electron chi connectivity index (χ3n) is 2.93. The molecule has 0 atom stereocenters. The summed E-state index contributed by atoms with van der Waals surface area (Å²) in [5.74, 6) is -0.931. The number of thiophene rings is 1. The van der Waals surface area contributed by atoms with Crippen LogP contribution in [0.15, 0.2) is 44.4 Å². The van der Waals surface area contributed by atoms with Crippen molar-refractivity contribution in [3.8, 4) is 9.88 Å². The molecule has 5 nitrogen and oxygen atoms in total. The minimum absolute atomic E-state index is 0.272. The van der Waals surface area contributed by atoms with E-state index >= 15 is 0 Å². The van der Waals surface area contributed by atoms with Crippen molar-refractivity contribution >= 4 is 62.0 Å². The van der Waals surface area contributed by atoms with Gasteiger partial charge in [0.15, 0.2) is 13.7 Å². The Morgan fingerprint density at radius 3 is 2.83 bits per heavy atom. The van der Waals surface area contributed by atoms with Crippen LogP contribution >= 0.6 is 45.8 Å². The number of rotatable bonds is 4. The number of carboxylic acids is 1. The van der Waals surface area contributed by atoms with Crippen LogP contribution in [0, 0.1) is 0 Å². The fourth-order valence-corrected chi connectivity index (χ4v) is 5.86. The maximum Gasteiger partial charge on any atom is 0.335 e. The topological polar surface area (TPSA) is 76.0 Å². The Labute approximate surface area is 146 Å². The van der Waals surface area contributed by atoms with Crippen molar-refractivity contribution in [2.24, 2.45) is 0 Å². The molecule has 0 aliphatic rings. The van der Waals surface area contributed by atoms with Crippen molar-refractivity contribution in [1.82, 2.24) is 15.2 Å². The zero-order valence-electron chi connectivity index (χ0n) is 11.3. The first kappa shape index (κ1) is 14.8. The average molecular weight is 377 g/mol. The third-order valence-corrected chi connectivity index (χ3v) is 7.02. The van der Waals surface area contributed by atoms with E-state index in [0.29, 0.717) is 0 Å². The van der Waals surface area contributed by atoms with Gasteiger partial charge in [-0.15, -0.1) is 32.9 Å². The van der Waals surface area contributed by atoms with Gasteiger partial charge in [-0.2, -0.15) is 0 Å². The second-order valence-corrected chi connectivity index (χ2v) is 8.87. The van der Waals surface area contributed by atoms with Crippen molar-refractivity contribution in [3.05, 3.63) is 41.3 Å². The Hall–Kier alpha value is -1.81. The van der Waals surface area contributed by atoms with E-state index in [2.05, 4.69) is 15.2 Å². The molecule has 9 heteroatoms. The zero-order chi connectivity index (χ0) is 15.8. The van der Waals surface area contributed by atoms with Gasteiger partial charge < -0.3 is 5.11 Å². The monoisotopic (exact) mass is 377 g/mol. The van der Waals surface area contributed by atoms with Crippen molar-refractivity contribution < 1.29 is 9.90 Å². The third kappa shape index (κ3) is 3.00. The lowest BCUT2D eigenvalue weighted by molar-refractivity contribution is 0.0697. The average Bonchev–Trinajstić information content (AvgIpc) is 3.26. The predicted octanol–water partition coefficient (Wildman–Crippen LogP) is 4.73. The number of aromatic nitrogens is 3. The molecule has 0 radical (unpaired) electrons. The Bertz CT molecular complexity index is 991. The molecule has 114 valence electrons. The maximum absolute atomic E-state index is 11.0. The zero-order valence-corrected chi connectivity index (χ0v) is 14.6. The van der Waals surface area contributed by atoms with Crippen molar-refractivity contribution in [2.45, 2.75) is 8.68 Å². The first-order valence-electron chi connectivity index (χ1n) is 6.38. The van der Waals surface area contributed by atoms with Gasteiger partial charge in [-0.1, -0.05) is 17.4 Å². The van der Waals surface area contributed by atoms with E-state index in [9.17, 15) is 4.79 Å². The van der Waals surface area contributed by atoms with E-state index in [-0.39, 0.29) is 5.56 Å². The van der Waals surface area contributed by atoms with Gasteiger partial charge >= 0.3 is 5.97 Å². The molecule has 0 unspecified atom stereocenters. The van der Waals surface area contributed by atoms with Crippen LogP contribution in [0.25, 0.3) is 20.1 Å². The summed E-state index contributed by atoms with van der Waals surface area (Å²) in [5.41, 5.74) is 1.07. The first-order valence-corrected chi connectivity index (χ1v) is 9.71. The largest absolute Gasteiger partial charge is 0.478 e. The smallest absolute Gasteiger partial charge is 0.335 e. The van der Waals surface area contributed by atoms with Gasteiger partial charge in [-0.3, -0.25) is 0 Å². The fourth-order valence-electron chi connectivity index (χ4n) is 1.91. The summed E-state index contributed by atoms with van der Waals surface area (Å²) < 4.78 is 2.51. The van der Waals surface area contributed by atoms with Gasteiger partial charge in [0.1, 0.15) is 0 Å². The highest BCUT2D eigenvalue weighted by Gasteiger charge is 2.13. The molecule has 0 saturated carbocycles. The van der Waals surface area contributed by atoms with Crippen LogP contribution in [0.4, 0.5) is 0 Å². The summed E-state index contributed by atoms with van der Waals surface area (Å²) in [6.45, 7) is 0. The summed E-state index contributed by atoms with van der Waals surface area (Å²) in [7, 11) is 0. The maximum atomic E-state index is 11.0. The quantitative estimate of drug-likeness (QED) is 0.554. The first-order chi connectivity index (χ1) is 11.2. The standard InChI is InChI=1S/C14H7N3O2S4/c18-12(19)7-3-4-8-10(6-7)21-13(15-8)23-14-17-16-11(22-14)9-2-1-5-20-9/h1-6H,(H,18,19). The molecule has 0 aliphatic heterocycles. The van der Waals surface area contributed by atoms with Gasteiger partial charge in [-0.25, -0.2) is 9.78 Å². The van der Waals surface area contributed by atoms with Crippen LogP contribution in [0.2, 0.25) is 0 Å². The molecule has 3 heterocycles. The number of carbonyl (C=O) groups is 1. The Balaban J connectivity index is 1.61. The van der Waals surface area contributed by atoms with E-state index in [1.807, 2.05) is 17.5 Å². The molecular weight excluding hydrogens is 370 g/mol. The van der Waals surface area contributed by atoms with Gasteiger partial charge in [0.2, 0.25) is 0 Å². The van der Waals surface area contributed by atoms with Crippen LogP contribution < -0.4 is 0 Å². The van der Waals surface area contributed by atoms with E-state index in [1.165, 1.54) is 34.4 Å². The number of nitrogens with zero attached hydrogens (tertiary/aromatic N) is 3. The molecule has 1 N–H and O–H groups in total. The van der Waals surface area contributed by atoms with Gasteiger partial charge in [0.05, 0.1) is 20.7 Å². The van der Waals surface area contributed by atoms with Crippen molar-refractivity contribution in [1.29, 1.82) is 0 Å². The molecule has 0 amide bonds. The van der Waals surface area contributed by atoms with E-state index < -0.39 is 5.97 Å². The number of fused-ring (bicyclic) bond motifs is 1. The van der Waals surface area contributed by atoms with Gasteiger partial charge in [0, 0.05) is 0 Å². The van der Waals surface area contributed by atoms with Gasteiger partial charge in [-0.05, 0) is 41.4 Å². The SMILES string of the molecule is O=C(O)c1ccc2nc(Sc3nnc(-c4cccs4)s3)sc2c1. The van der Waals surface area contributed by atoms with Crippen molar-refractivity contribution in [2.75, 3.05) is 0 Å². The second kappa shape index (κ2) is 6.00. The van der Waals surface area contributed by atoms with Crippen LogP contribution in [-0.4, -0.2) is 26.3 Å². The van der Waals surface area contributed by atoms with Crippen molar-refractivity contribution in [3.63, 3.8) is 0 Å². The molecule has 0 bridgehead atoms. The molecule has 0 aliphatic carbocycles. The Morgan fingerprint density at radius 1 is 1.13 bits per heavy atom. The number of thiazole rings is 1. The van der Waals surface area contributed by atoms with Crippen LogP contribution in [0.3, 0.4) is 0 Å². The highest BCUT2D eigenvalue weighted by molar-refractivity contribution is 8.02. The minimum atomic E-state index is -0.931. The lowest BCUT2D eigenvalue weighted by atomic mass is 10.2. The van der Waals surface area contributed by atoms with Crippen LogP contribution in [0.5, 0.6) is 0 Å². The molecule has 0 saturated heterocycles. The summed E-state index contributed by atoms with van der Waals surface area (Å²) in [5, 5.41) is 20.4. The van der Waals surface area contributed by atoms with Gasteiger partial charge in [0.25, 0.3) is 0 Å². The number of aromatic carboxylic acids is 1. The Kier molecular flexibility index (Phi) is 3.85. The molecule has 0 fully saturated rings. The van der Waals surface area contributed by atoms with Crippen LogP contribution in [-0.2, 0) is 0 Å². The highest BCUT2D eigenvalue weighted by Crippen LogP contribution is 2.38. The van der Waals surface area contributed by atoms with E-state index in [4.69, 9.17) is 5.11 Å². The normalized spacial score (nSPS) is 11.1. The summed E-state index contributed by atoms with van der Waals surface area (Å²) in [4.78, 5) is 16.6. The molecule has 0 spiro atoms. The second-order valence-electron chi connectivity index (χ2n) is 4.42. The number of carboxylic acid groups (broad SMARTS) is 1. The number of hydrogen-bond donors (Lipinski definition) is 1. The lowest BCUT2D eigenvalue weighted by Crippen LogP contribution is -1.94. The van der Waals surface area contributed by atoms with E-state index in [0.717, 1.165) is 28.8 Å². The van der Waals surface area contributed by atoms with E-state index in [1.54, 1.807) is 29.5 Å². The summed E-state index contributed by atoms with van der Waals surface area (Å²) >= 11 is 6.08. The molecule has 4 rings (SSSR count). The molecule has 4 aromatic rings. The predicted molar refractivity (Wildman–Crippen MR) is 93.9 cm³/mol. The lowest BCUT2D eigenvalue weighted by Gasteiger charge is -1.91. The summed E-state index contributed by atoms with van der Waals surface area (Å²) in [6, 6.07) is 8.96. The molecule has 1 aromatic carbocycles. The van der Waals surface area contributed by atoms with Crippen LogP contribution in [0.1, 0.15) is 10.4 Å². The molecular formula is C14H7N3O2S4. The molecule has 3 aromatic heterocycles.